The maximum absolute atomic E-state index is 12.3. The van der Waals surface area contributed by atoms with Crippen molar-refractivity contribution in [2.24, 2.45) is 14.1 Å². The molecular formula is C14H20N5O3+. The number of hydrogen-bond donors (Lipinski definition) is 2. The third-order valence-corrected chi connectivity index (χ3v) is 4.32. The van der Waals surface area contributed by atoms with Gasteiger partial charge in [-0.3, -0.25) is 18.7 Å². The number of carbonyl (C=O) groups excluding carboxylic acids is 1. The molecule has 3 rings (SSSR count). The lowest BCUT2D eigenvalue weighted by atomic mass is 10.2. The van der Waals surface area contributed by atoms with Crippen LogP contribution in [0, 0.1) is 0 Å². The van der Waals surface area contributed by atoms with E-state index < -0.39 is 11.2 Å². The number of aromatic nitrogens is 4. The van der Waals surface area contributed by atoms with Gasteiger partial charge in [0.05, 0.1) is 0 Å². The number of imidazole rings is 1. The average Bonchev–Trinajstić information content (AvgIpc) is 3.12. The molecule has 1 aliphatic rings. The molecule has 2 heterocycles. The van der Waals surface area contributed by atoms with Gasteiger partial charge in [0.25, 0.3) is 17.1 Å². The normalized spacial score (nSPS) is 15.5. The molecule has 0 aromatic carbocycles. The van der Waals surface area contributed by atoms with Crippen LogP contribution in [0.3, 0.4) is 0 Å². The molecule has 2 aromatic heterocycles. The van der Waals surface area contributed by atoms with E-state index in [1.165, 1.54) is 11.6 Å². The Balaban J connectivity index is 1.93. The van der Waals surface area contributed by atoms with Gasteiger partial charge < -0.3 is 5.32 Å². The van der Waals surface area contributed by atoms with Crippen LogP contribution < -0.4 is 21.1 Å². The van der Waals surface area contributed by atoms with E-state index in [9.17, 15) is 14.4 Å². The molecule has 22 heavy (non-hydrogen) atoms. The predicted octanol–water partition coefficient (Wildman–Crippen LogP) is -1.09. The number of nitrogens with one attached hydrogen (secondary N) is 2. The van der Waals surface area contributed by atoms with Crippen LogP contribution in [0.15, 0.2) is 15.9 Å². The number of aryl methyl sites for hydroxylation is 1. The largest absolute Gasteiger partial charge is 0.350 e. The van der Waals surface area contributed by atoms with Gasteiger partial charge in [-0.25, -0.2) is 14.3 Å². The molecule has 118 valence electrons. The molecule has 0 aliphatic heterocycles. The topological polar surface area (TPSA) is 92.8 Å². The van der Waals surface area contributed by atoms with Crippen LogP contribution >= 0.6 is 0 Å². The zero-order valence-corrected chi connectivity index (χ0v) is 12.8. The summed E-state index contributed by atoms with van der Waals surface area (Å²) in [6, 6.07) is 0.241. The number of fused-ring (bicyclic) bond motifs is 1. The third kappa shape index (κ3) is 2.34. The van der Waals surface area contributed by atoms with Gasteiger partial charge in [-0.1, -0.05) is 12.8 Å². The summed E-state index contributed by atoms with van der Waals surface area (Å²) in [6.07, 6.45) is 5.88. The van der Waals surface area contributed by atoms with E-state index in [2.05, 4.69) is 10.3 Å². The highest BCUT2D eigenvalue weighted by molar-refractivity contribution is 5.75. The first kappa shape index (κ1) is 14.6. The van der Waals surface area contributed by atoms with Crippen molar-refractivity contribution in [3.05, 3.63) is 27.2 Å². The van der Waals surface area contributed by atoms with Crippen LogP contribution in [0.1, 0.15) is 25.7 Å². The van der Waals surface area contributed by atoms with Gasteiger partial charge in [0, 0.05) is 20.1 Å². The minimum atomic E-state index is -0.409. The molecule has 0 spiro atoms. The Morgan fingerprint density at radius 2 is 2.00 bits per heavy atom. The van der Waals surface area contributed by atoms with Crippen molar-refractivity contribution < 1.29 is 9.36 Å². The van der Waals surface area contributed by atoms with Crippen molar-refractivity contribution in [1.29, 1.82) is 0 Å². The molecule has 8 nitrogen and oxygen atoms in total. The molecule has 0 saturated heterocycles. The van der Waals surface area contributed by atoms with E-state index in [-0.39, 0.29) is 18.5 Å². The predicted molar refractivity (Wildman–Crippen MR) is 79.4 cm³/mol. The lowest BCUT2D eigenvalue weighted by molar-refractivity contribution is -0.659. The Labute approximate surface area is 126 Å². The fourth-order valence-corrected chi connectivity index (χ4v) is 3.08. The molecule has 1 aliphatic carbocycles. The van der Waals surface area contributed by atoms with Gasteiger partial charge in [-0.15, -0.1) is 0 Å². The van der Waals surface area contributed by atoms with Crippen LogP contribution in [0.2, 0.25) is 0 Å². The van der Waals surface area contributed by atoms with Crippen molar-refractivity contribution in [2.45, 2.75) is 38.3 Å². The van der Waals surface area contributed by atoms with Crippen molar-refractivity contribution >= 4 is 17.1 Å². The maximum Gasteiger partial charge on any atom is 0.333 e. The Bertz CT molecular complexity index is 839. The second-order valence-corrected chi connectivity index (χ2v) is 5.85. The minimum absolute atomic E-state index is 0.0595. The van der Waals surface area contributed by atoms with E-state index in [1.807, 2.05) is 0 Å². The summed E-state index contributed by atoms with van der Waals surface area (Å²) in [5.41, 5.74) is -0.0668. The molecule has 1 saturated carbocycles. The summed E-state index contributed by atoms with van der Waals surface area (Å²) >= 11 is 0. The van der Waals surface area contributed by atoms with Gasteiger partial charge >= 0.3 is 11.2 Å². The van der Waals surface area contributed by atoms with Gasteiger partial charge in [-0.2, -0.15) is 0 Å². The van der Waals surface area contributed by atoms with Crippen LogP contribution in [0.5, 0.6) is 0 Å². The molecule has 0 unspecified atom stereocenters. The Morgan fingerprint density at radius 1 is 1.32 bits per heavy atom. The second kappa shape index (κ2) is 5.43. The van der Waals surface area contributed by atoms with E-state index >= 15 is 0 Å². The molecule has 1 amide bonds. The number of amides is 1. The summed E-state index contributed by atoms with van der Waals surface area (Å²) in [4.78, 5) is 39.2. The number of rotatable bonds is 3. The zero-order valence-electron chi connectivity index (χ0n) is 12.8. The Morgan fingerprint density at radius 3 is 2.68 bits per heavy atom. The van der Waals surface area contributed by atoms with E-state index in [1.54, 1.807) is 17.9 Å². The molecule has 2 N–H and O–H groups in total. The van der Waals surface area contributed by atoms with Crippen molar-refractivity contribution in [1.82, 2.24) is 19.4 Å². The first-order valence-corrected chi connectivity index (χ1v) is 7.45. The fourth-order valence-electron chi connectivity index (χ4n) is 3.08. The summed E-state index contributed by atoms with van der Waals surface area (Å²) in [5, 5.41) is 2.99. The lowest BCUT2D eigenvalue weighted by Crippen LogP contribution is -2.48. The molecule has 1 fully saturated rings. The monoisotopic (exact) mass is 306 g/mol. The zero-order chi connectivity index (χ0) is 15.9. The van der Waals surface area contributed by atoms with Crippen LogP contribution in [-0.4, -0.2) is 26.1 Å². The van der Waals surface area contributed by atoms with Crippen molar-refractivity contribution in [2.75, 3.05) is 0 Å². The van der Waals surface area contributed by atoms with Crippen molar-refractivity contribution in [3.63, 3.8) is 0 Å². The van der Waals surface area contributed by atoms with Gasteiger partial charge in [0.2, 0.25) is 6.33 Å². The molecular weight excluding hydrogens is 286 g/mol. The SMILES string of the molecule is Cn1c(=O)c2c([nH]c[n+]2CC(=O)NC2CCCC2)n(C)c1=O. The Hall–Kier alpha value is -2.38. The molecule has 0 atom stereocenters. The van der Waals surface area contributed by atoms with Crippen LogP contribution in [0.4, 0.5) is 0 Å². The Kier molecular flexibility index (Phi) is 3.59. The standard InChI is InChI=1S/C14H19N5O3/c1-17-12-11(13(21)18(2)14(17)22)19(8-15-12)7-10(20)16-9-5-3-4-6-9/h8-9H,3-7H2,1-2H3,(H,16,20)/p+1. The van der Waals surface area contributed by atoms with Gasteiger partial charge in [0.1, 0.15) is 0 Å². The smallest absolute Gasteiger partial charge is 0.333 e. The number of nitrogens with zero attached hydrogens (tertiary/aromatic N) is 3. The van der Waals surface area contributed by atoms with Gasteiger partial charge in [-0.05, 0) is 12.8 Å². The highest BCUT2D eigenvalue weighted by Crippen LogP contribution is 2.17. The first-order chi connectivity index (χ1) is 10.5. The summed E-state index contributed by atoms with van der Waals surface area (Å²) in [7, 11) is 3.02. The lowest BCUT2D eigenvalue weighted by Gasteiger charge is -2.10. The molecule has 8 heteroatoms. The van der Waals surface area contributed by atoms with Crippen molar-refractivity contribution in [3.8, 4) is 0 Å². The van der Waals surface area contributed by atoms with Gasteiger partial charge in [0.15, 0.2) is 6.54 Å². The molecule has 2 aromatic rings. The number of H-pyrrole nitrogens is 1. The minimum Gasteiger partial charge on any atom is -0.350 e. The molecule has 0 bridgehead atoms. The maximum atomic E-state index is 12.3. The van der Waals surface area contributed by atoms with E-state index in [0.29, 0.717) is 11.2 Å². The van der Waals surface area contributed by atoms with Crippen LogP contribution in [0.25, 0.3) is 11.2 Å². The fraction of sp³-hybridized carbons (Fsp3) is 0.571. The average molecular weight is 306 g/mol. The van der Waals surface area contributed by atoms with E-state index in [4.69, 9.17) is 0 Å². The highest BCUT2D eigenvalue weighted by atomic mass is 16.2. The van der Waals surface area contributed by atoms with E-state index in [0.717, 1.165) is 30.3 Å². The third-order valence-electron chi connectivity index (χ3n) is 4.32. The molecule has 0 radical (unpaired) electrons. The summed E-state index contributed by atoms with van der Waals surface area (Å²) < 4.78 is 3.96. The number of carbonyl (C=O) groups is 1. The van der Waals surface area contributed by atoms with Crippen LogP contribution in [-0.2, 0) is 25.4 Å². The quantitative estimate of drug-likeness (QED) is 0.706. The number of aromatic amines is 1. The summed E-state index contributed by atoms with van der Waals surface area (Å²) in [5.74, 6) is -0.117. The summed E-state index contributed by atoms with van der Waals surface area (Å²) in [6.45, 7) is 0.0595. The second-order valence-electron chi connectivity index (χ2n) is 5.85. The number of hydrogen-bond acceptors (Lipinski definition) is 3. The first-order valence-electron chi connectivity index (χ1n) is 7.45. The highest BCUT2D eigenvalue weighted by Gasteiger charge is 2.23.